The van der Waals surface area contributed by atoms with Crippen molar-refractivity contribution in [1.29, 1.82) is 0 Å². The maximum atomic E-state index is 14.0. The number of alkyl halides is 2. The topological polar surface area (TPSA) is 136 Å². The van der Waals surface area contributed by atoms with Gasteiger partial charge >= 0.3 is 0 Å². The molecule has 4 aromatic rings. The van der Waals surface area contributed by atoms with Crippen molar-refractivity contribution in [1.82, 2.24) is 24.5 Å². The average molecular weight is 510 g/mol. The van der Waals surface area contributed by atoms with Gasteiger partial charge in [0, 0.05) is 50.3 Å². The number of imidazole rings is 1. The van der Waals surface area contributed by atoms with Gasteiger partial charge in [0.15, 0.2) is 17.3 Å². The Hall–Kier alpha value is -4.39. The lowest BCUT2D eigenvalue weighted by atomic mass is 10.1. The Labute approximate surface area is 210 Å². The third-order valence-corrected chi connectivity index (χ3v) is 6.14. The zero-order valence-electron chi connectivity index (χ0n) is 20.2. The van der Waals surface area contributed by atoms with Gasteiger partial charge < -0.3 is 30.6 Å². The van der Waals surface area contributed by atoms with E-state index in [0.717, 1.165) is 5.52 Å². The van der Waals surface area contributed by atoms with E-state index in [1.54, 1.807) is 37.9 Å². The van der Waals surface area contributed by atoms with Crippen LogP contribution >= 0.6 is 0 Å². The SMILES string of the molecule is CNc1nc(Nc2ccc(N3CCOCC3)c(C(F)F)c2)c(C(N)=O)nc1-c1cncc2c1ncn2C. The Morgan fingerprint density at radius 3 is 2.65 bits per heavy atom. The van der Waals surface area contributed by atoms with Gasteiger partial charge in [0.25, 0.3) is 12.3 Å². The minimum atomic E-state index is -2.71. The standard InChI is InChI=1S/C24H25F2N9O2/c1-28-23-19(15-10-29-11-17-18(15)30-12-34(17)2)32-20(22(27)36)24(33-23)31-13-3-4-16(14(9-13)21(25)26)35-5-7-37-8-6-35/h3-4,9-12,21H,5-8H2,1-2H3,(H2,27,36)(H2,28,31,33). The number of aromatic nitrogens is 5. The third kappa shape index (κ3) is 4.60. The molecule has 5 rings (SSSR count). The number of pyridine rings is 1. The molecule has 1 aromatic carbocycles. The molecule has 11 nitrogen and oxygen atoms in total. The number of nitrogens with two attached hydrogens (primary N) is 1. The molecule has 37 heavy (non-hydrogen) atoms. The van der Waals surface area contributed by atoms with Gasteiger partial charge in [0.05, 0.1) is 36.8 Å². The van der Waals surface area contributed by atoms with Crippen molar-refractivity contribution >= 4 is 40.0 Å². The molecule has 3 aromatic heterocycles. The maximum Gasteiger partial charge on any atom is 0.271 e. The molecule has 4 N–H and O–H groups in total. The van der Waals surface area contributed by atoms with E-state index in [1.807, 2.05) is 16.5 Å². The number of nitrogens with one attached hydrogen (secondary N) is 2. The fourth-order valence-corrected chi connectivity index (χ4v) is 4.31. The van der Waals surface area contributed by atoms with Crippen LogP contribution < -0.4 is 21.3 Å². The monoisotopic (exact) mass is 509 g/mol. The quantitative estimate of drug-likeness (QED) is 0.343. The van der Waals surface area contributed by atoms with Crippen LogP contribution in [0.25, 0.3) is 22.3 Å². The Morgan fingerprint density at radius 1 is 1.16 bits per heavy atom. The first kappa shape index (κ1) is 24.3. The van der Waals surface area contributed by atoms with Crippen LogP contribution in [0.1, 0.15) is 22.5 Å². The number of morpholine rings is 1. The summed E-state index contributed by atoms with van der Waals surface area (Å²) in [6.45, 7) is 1.99. The molecule has 0 atom stereocenters. The summed E-state index contributed by atoms with van der Waals surface area (Å²) >= 11 is 0. The third-order valence-electron chi connectivity index (χ3n) is 6.14. The normalized spacial score (nSPS) is 13.8. The van der Waals surface area contributed by atoms with Gasteiger partial charge in [-0.05, 0) is 18.2 Å². The number of fused-ring (bicyclic) bond motifs is 1. The zero-order chi connectivity index (χ0) is 26.1. The second-order valence-electron chi connectivity index (χ2n) is 8.44. The number of carbonyl (C=O) groups excluding carboxylic acids is 1. The van der Waals surface area contributed by atoms with Crippen molar-refractivity contribution < 1.29 is 18.3 Å². The number of amides is 1. The molecule has 1 fully saturated rings. The van der Waals surface area contributed by atoms with Crippen LogP contribution in [0.15, 0.2) is 36.9 Å². The lowest BCUT2D eigenvalue weighted by molar-refractivity contribution is 0.0996. The van der Waals surface area contributed by atoms with Gasteiger partial charge in [-0.3, -0.25) is 9.78 Å². The highest BCUT2D eigenvalue weighted by atomic mass is 19.3. The van der Waals surface area contributed by atoms with E-state index in [-0.39, 0.29) is 17.1 Å². The highest BCUT2D eigenvalue weighted by Crippen LogP contribution is 2.35. The van der Waals surface area contributed by atoms with Crippen molar-refractivity contribution in [2.24, 2.45) is 12.8 Å². The van der Waals surface area contributed by atoms with E-state index in [9.17, 15) is 13.6 Å². The molecule has 13 heteroatoms. The van der Waals surface area contributed by atoms with Crippen molar-refractivity contribution in [2.75, 3.05) is 48.9 Å². The highest BCUT2D eigenvalue weighted by Gasteiger charge is 2.23. The molecule has 1 aliphatic rings. The summed E-state index contributed by atoms with van der Waals surface area (Å²) < 4.78 is 35.1. The smallest absolute Gasteiger partial charge is 0.271 e. The molecule has 0 bridgehead atoms. The highest BCUT2D eigenvalue weighted by molar-refractivity contribution is 5.99. The summed E-state index contributed by atoms with van der Waals surface area (Å²) in [6.07, 6.45) is 2.19. The van der Waals surface area contributed by atoms with Gasteiger partial charge in [-0.1, -0.05) is 0 Å². The fraction of sp³-hybridized carbons (Fsp3) is 0.292. The van der Waals surface area contributed by atoms with Gasteiger partial charge in [0.1, 0.15) is 11.2 Å². The van der Waals surface area contributed by atoms with E-state index in [0.29, 0.717) is 60.3 Å². The van der Waals surface area contributed by atoms with Crippen LogP contribution in [0, 0.1) is 0 Å². The van der Waals surface area contributed by atoms with Crippen molar-refractivity contribution in [2.45, 2.75) is 6.43 Å². The van der Waals surface area contributed by atoms with Crippen molar-refractivity contribution in [3.05, 3.63) is 48.2 Å². The lowest BCUT2D eigenvalue weighted by Gasteiger charge is -2.30. The minimum Gasteiger partial charge on any atom is -0.378 e. The van der Waals surface area contributed by atoms with Gasteiger partial charge in [-0.2, -0.15) is 0 Å². The number of hydrogen-bond acceptors (Lipinski definition) is 9. The molecule has 4 heterocycles. The molecule has 0 aliphatic carbocycles. The average Bonchev–Trinajstić information content (AvgIpc) is 3.29. The summed E-state index contributed by atoms with van der Waals surface area (Å²) in [4.78, 5) is 32.0. The number of primary amides is 1. The van der Waals surface area contributed by atoms with Crippen LogP contribution in [0.2, 0.25) is 0 Å². The summed E-state index contributed by atoms with van der Waals surface area (Å²) in [7, 11) is 3.49. The van der Waals surface area contributed by atoms with Crippen LogP contribution in [0.5, 0.6) is 0 Å². The first-order valence-electron chi connectivity index (χ1n) is 11.5. The number of rotatable bonds is 7. The molecular formula is C24H25F2N9O2. The molecule has 0 radical (unpaired) electrons. The van der Waals surface area contributed by atoms with E-state index >= 15 is 0 Å². The Morgan fingerprint density at radius 2 is 1.95 bits per heavy atom. The number of hydrogen-bond donors (Lipinski definition) is 3. The second kappa shape index (κ2) is 9.93. The zero-order valence-corrected chi connectivity index (χ0v) is 20.2. The first-order chi connectivity index (χ1) is 17.9. The predicted molar refractivity (Wildman–Crippen MR) is 135 cm³/mol. The van der Waals surface area contributed by atoms with E-state index in [2.05, 4.69) is 30.6 Å². The Balaban J connectivity index is 1.56. The lowest BCUT2D eigenvalue weighted by Crippen LogP contribution is -2.36. The number of anilines is 4. The second-order valence-corrected chi connectivity index (χ2v) is 8.44. The predicted octanol–water partition coefficient (Wildman–Crippen LogP) is 3.08. The first-order valence-corrected chi connectivity index (χ1v) is 11.5. The van der Waals surface area contributed by atoms with Crippen molar-refractivity contribution in [3.63, 3.8) is 0 Å². The van der Waals surface area contributed by atoms with Gasteiger partial charge in [0.2, 0.25) is 0 Å². The molecule has 1 saturated heterocycles. The summed E-state index contributed by atoms with van der Waals surface area (Å²) in [5, 5.41) is 5.92. The summed E-state index contributed by atoms with van der Waals surface area (Å²) in [5.41, 5.74) is 8.38. The molecule has 192 valence electrons. The number of nitrogens with zero attached hydrogens (tertiary/aromatic N) is 6. The molecule has 0 spiro atoms. The number of ether oxygens (including phenoxy) is 1. The molecule has 1 aliphatic heterocycles. The molecule has 0 saturated carbocycles. The van der Waals surface area contributed by atoms with Crippen LogP contribution in [0.4, 0.5) is 31.8 Å². The molecule has 1 amide bonds. The van der Waals surface area contributed by atoms with Gasteiger partial charge in [-0.25, -0.2) is 23.7 Å². The minimum absolute atomic E-state index is 0.0288. The van der Waals surface area contributed by atoms with Crippen LogP contribution in [-0.4, -0.2) is 63.8 Å². The van der Waals surface area contributed by atoms with E-state index < -0.39 is 12.3 Å². The van der Waals surface area contributed by atoms with E-state index in [1.165, 1.54) is 6.07 Å². The summed E-state index contributed by atoms with van der Waals surface area (Å²) in [5.74, 6) is -0.480. The van der Waals surface area contributed by atoms with Crippen molar-refractivity contribution in [3.8, 4) is 11.3 Å². The maximum absolute atomic E-state index is 14.0. The number of halogens is 2. The number of benzene rings is 1. The largest absolute Gasteiger partial charge is 0.378 e. The molecule has 0 unspecified atom stereocenters. The number of carbonyl (C=O) groups is 1. The van der Waals surface area contributed by atoms with E-state index in [4.69, 9.17) is 10.5 Å². The molecular weight excluding hydrogens is 484 g/mol. The Kier molecular flexibility index (Phi) is 6.53. The summed E-state index contributed by atoms with van der Waals surface area (Å²) in [6, 6.07) is 4.61. The van der Waals surface area contributed by atoms with Crippen LogP contribution in [0.3, 0.4) is 0 Å². The fourth-order valence-electron chi connectivity index (χ4n) is 4.31. The number of aryl methyl sites for hydroxylation is 1. The van der Waals surface area contributed by atoms with Crippen LogP contribution in [-0.2, 0) is 11.8 Å². The Bertz CT molecular complexity index is 1470. The van der Waals surface area contributed by atoms with Gasteiger partial charge in [-0.15, -0.1) is 0 Å².